The van der Waals surface area contributed by atoms with E-state index in [1.165, 1.54) is 0 Å². The van der Waals surface area contributed by atoms with E-state index < -0.39 is 32.6 Å². The van der Waals surface area contributed by atoms with E-state index in [2.05, 4.69) is 8.37 Å². The van der Waals surface area contributed by atoms with Crippen LogP contribution in [0.1, 0.15) is 0 Å². The topological polar surface area (TPSA) is 86.7 Å². The number of hydrogen-bond acceptors (Lipinski definition) is 6. The third kappa shape index (κ3) is 8.00. The van der Waals surface area contributed by atoms with Crippen molar-refractivity contribution in [1.29, 1.82) is 0 Å². The van der Waals surface area contributed by atoms with Gasteiger partial charge in [-0.2, -0.15) is 16.8 Å². The molecule has 0 N–H and O–H groups in total. The van der Waals surface area contributed by atoms with Gasteiger partial charge >= 0.3 is 0 Å². The van der Waals surface area contributed by atoms with E-state index in [1.54, 1.807) is 0 Å². The zero-order valence-electron chi connectivity index (χ0n) is 7.46. The Labute approximate surface area is 83.5 Å². The van der Waals surface area contributed by atoms with Crippen molar-refractivity contribution in [2.75, 3.05) is 25.2 Å². The van der Waals surface area contributed by atoms with E-state index in [1.807, 2.05) is 5.92 Å². The molecule has 0 aromatic carbocycles. The Balaban J connectivity index is 3.97. The normalized spacial score (nSPS) is 12.3. The molecule has 0 bridgehead atoms. The van der Waals surface area contributed by atoms with Gasteiger partial charge in [0, 0.05) is 0 Å². The molecule has 8 heteroatoms. The first-order valence-electron chi connectivity index (χ1n) is 3.42. The lowest BCUT2D eigenvalue weighted by Crippen LogP contribution is -2.17. The van der Waals surface area contributed by atoms with E-state index in [-0.39, 0.29) is 6.61 Å². The quantitative estimate of drug-likeness (QED) is 0.436. The van der Waals surface area contributed by atoms with Crippen molar-refractivity contribution in [3.05, 3.63) is 0 Å². The minimum Gasteiger partial charge on any atom is -0.269 e. The second-order valence-corrected chi connectivity index (χ2v) is 5.66. The summed E-state index contributed by atoms with van der Waals surface area (Å²) in [4.78, 5) is 0. The zero-order chi connectivity index (χ0) is 11.2. The Kier molecular flexibility index (Phi) is 5.07. The van der Waals surface area contributed by atoms with Crippen LogP contribution in [-0.4, -0.2) is 42.1 Å². The summed E-state index contributed by atoms with van der Waals surface area (Å²) < 4.78 is 51.1. The van der Waals surface area contributed by atoms with Crippen molar-refractivity contribution in [3.8, 4) is 12.3 Å². The molecule has 0 atom stereocenters. The molecule has 0 rings (SSSR count). The van der Waals surface area contributed by atoms with Gasteiger partial charge in [-0.15, -0.1) is 6.42 Å². The van der Waals surface area contributed by atoms with Gasteiger partial charge in [-0.1, -0.05) is 5.92 Å². The molecule has 0 aliphatic heterocycles. The van der Waals surface area contributed by atoms with Crippen LogP contribution in [0.5, 0.6) is 0 Å². The third-order valence-electron chi connectivity index (χ3n) is 0.953. The molecule has 0 amide bonds. The summed E-state index contributed by atoms with van der Waals surface area (Å²) in [6.45, 7) is -0.854. The number of rotatable bonds is 6. The first-order valence-corrected chi connectivity index (χ1v) is 6.81. The van der Waals surface area contributed by atoms with E-state index in [0.717, 1.165) is 6.26 Å². The van der Waals surface area contributed by atoms with Gasteiger partial charge in [-0.25, -0.2) is 0 Å². The van der Waals surface area contributed by atoms with Crippen LogP contribution in [-0.2, 0) is 28.6 Å². The van der Waals surface area contributed by atoms with Gasteiger partial charge < -0.3 is 0 Å². The molecule has 0 spiro atoms. The van der Waals surface area contributed by atoms with Crippen molar-refractivity contribution in [3.63, 3.8) is 0 Å². The van der Waals surface area contributed by atoms with Gasteiger partial charge in [0.05, 0.1) is 12.9 Å². The van der Waals surface area contributed by atoms with Gasteiger partial charge in [0.25, 0.3) is 20.2 Å². The average molecular weight is 242 g/mol. The van der Waals surface area contributed by atoms with Crippen molar-refractivity contribution in [1.82, 2.24) is 0 Å². The lowest BCUT2D eigenvalue weighted by atomic mass is 10.8. The minimum atomic E-state index is -3.80. The SMILES string of the molecule is C#CCOS(=O)(=O)CCOS(C)(=O)=O. The van der Waals surface area contributed by atoms with Crippen molar-refractivity contribution in [2.24, 2.45) is 0 Å². The summed E-state index contributed by atoms with van der Waals surface area (Å²) >= 11 is 0. The Morgan fingerprint density at radius 2 is 1.79 bits per heavy atom. The molecule has 0 fully saturated rings. The van der Waals surface area contributed by atoms with Crippen LogP contribution >= 0.6 is 0 Å². The molecule has 6 nitrogen and oxygen atoms in total. The van der Waals surface area contributed by atoms with Gasteiger partial charge in [-0.3, -0.25) is 8.37 Å². The fourth-order valence-electron chi connectivity index (χ4n) is 0.470. The van der Waals surface area contributed by atoms with Crippen LogP contribution in [0.3, 0.4) is 0 Å². The van der Waals surface area contributed by atoms with Crippen molar-refractivity contribution in [2.45, 2.75) is 0 Å². The lowest BCUT2D eigenvalue weighted by Gasteiger charge is -2.02. The summed E-state index contributed by atoms with van der Waals surface area (Å²) in [5.74, 6) is 1.42. The Bertz CT molecular complexity index is 398. The standard InChI is InChI=1S/C6H10O6S2/c1-3-4-12-14(9,10)6-5-11-13(2,7)8/h1H,4-6H2,2H3. The highest BCUT2D eigenvalue weighted by molar-refractivity contribution is 7.87. The molecular formula is C6H10O6S2. The van der Waals surface area contributed by atoms with E-state index in [9.17, 15) is 16.8 Å². The van der Waals surface area contributed by atoms with Crippen LogP contribution in [0.4, 0.5) is 0 Å². The molecule has 0 unspecified atom stereocenters. The van der Waals surface area contributed by atoms with Gasteiger partial charge in [0.1, 0.15) is 12.4 Å². The first-order chi connectivity index (χ1) is 6.27. The molecule has 0 saturated carbocycles. The van der Waals surface area contributed by atoms with Crippen LogP contribution in [0.25, 0.3) is 0 Å². The molecule has 0 heterocycles. The molecular weight excluding hydrogens is 232 g/mol. The van der Waals surface area contributed by atoms with Gasteiger partial charge in [-0.05, 0) is 0 Å². The van der Waals surface area contributed by atoms with E-state index in [4.69, 9.17) is 6.42 Å². The number of terminal acetylenes is 1. The molecule has 0 aromatic rings. The average Bonchev–Trinajstić information content (AvgIpc) is 1.98. The second-order valence-electron chi connectivity index (χ2n) is 2.25. The summed E-state index contributed by atoms with van der Waals surface area (Å²) in [6, 6.07) is 0. The third-order valence-corrected chi connectivity index (χ3v) is 2.69. The summed E-state index contributed by atoms with van der Waals surface area (Å²) in [5.41, 5.74) is 0. The maximum Gasteiger partial charge on any atom is 0.270 e. The number of hydrogen-bond donors (Lipinski definition) is 0. The predicted octanol–water partition coefficient (Wildman–Crippen LogP) is -1.06. The lowest BCUT2D eigenvalue weighted by molar-refractivity contribution is 0.324. The summed E-state index contributed by atoms with van der Waals surface area (Å²) in [6.07, 6.45) is 5.59. The van der Waals surface area contributed by atoms with Gasteiger partial charge in [0.15, 0.2) is 0 Å². The van der Waals surface area contributed by atoms with Gasteiger partial charge in [0.2, 0.25) is 0 Å². The first kappa shape index (κ1) is 13.4. The molecule has 0 radical (unpaired) electrons. The maximum atomic E-state index is 10.9. The summed E-state index contributed by atoms with van der Waals surface area (Å²) in [7, 11) is -7.43. The van der Waals surface area contributed by atoms with Crippen LogP contribution in [0.2, 0.25) is 0 Å². The molecule has 0 aromatic heterocycles. The second kappa shape index (κ2) is 5.31. The van der Waals surface area contributed by atoms with Crippen LogP contribution in [0.15, 0.2) is 0 Å². The smallest absolute Gasteiger partial charge is 0.269 e. The highest BCUT2D eigenvalue weighted by atomic mass is 32.2. The predicted molar refractivity (Wildman–Crippen MR) is 49.4 cm³/mol. The van der Waals surface area contributed by atoms with E-state index in [0.29, 0.717) is 0 Å². The molecule has 0 aliphatic carbocycles. The fraction of sp³-hybridized carbons (Fsp3) is 0.667. The Hall–Kier alpha value is -0.620. The zero-order valence-corrected chi connectivity index (χ0v) is 9.10. The fourth-order valence-corrected chi connectivity index (χ4v) is 1.61. The largest absolute Gasteiger partial charge is 0.270 e. The highest BCUT2D eigenvalue weighted by Gasteiger charge is 2.12. The molecule has 0 aliphatic rings. The molecule has 14 heavy (non-hydrogen) atoms. The van der Waals surface area contributed by atoms with E-state index >= 15 is 0 Å². The van der Waals surface area contributed by atoms with Crippen molar-refractivity contribution >= 4 is 20.2 Å². The maximum absolute atomic E-state index is 10.9. The molecule has 82 valence electrons. The Morgan fingerprint density at radius 1 is 1.21 bits per heavy atom. The Morgan fingerprint density at radius 3 is 2.21 bits per heavy atom. The van der Waals surface area contributed by atoms with Crippen LogP contribution in [0, 0.1) is 12.3 Å². The van der Waals surface area contributed by atoms with Crippen molar-refractivity contribution < 1.29 is 25.2 Å². The molecule has 0 saturated heterocycles. The monoisotopic (exact) mass is 242 g/mol. The van der Waals surface area contributed by atoms with Crippen LogP contribution < -0.4 is 0 Å². The summed E-state index contributed by atoms with van der Waals surface area (Å²) in [5, 5.41) is 0. The minimum absolute atomic E-state index is 0.374. The highest BCUT2D eigenvalue weighted by Crippen LogP contribution is 1.95.